The molecule has 0 fully saturated rings. The Hall–Kier alpha value is -2.63. The van der Waals surface area contributed by atoms with Crippen molar-refractivity contribution in [3.8, 4) is 5.75 Å². The van der Waals surface area contributed by atoms with Gasteiger partial charge < -0.3 is 19.7 Å². The summed E-state index contributed by atoms with van der Waals surface area (Å²) in [5.41, 5.74) is 2.57. The van der Waals surface area contributed by atoms with E-state index in [-0.39, 0.29) is 29.7 Å². The third-order valence-electron chi connectivity index (χ3n) is 3.98. The molecule has 0 aromatic heterocycles. The van der Waals surface area contributed by atoms with Crippen molar-refractivity contribution in [2.75, 3.05) is 26.5 Å². The van der Waals surface area contributed by atoms with Crippen molar-refractivity contribution in [3.05, 3.63) is 59.7 Å². The fraction of sp³-hybridized carbons (Fsp3) is 0.300. The van der Waals surface area contributed by atoms with Crippen LogP contribution in [0.2, 0.25) is 0 Å². The molecule has 1 amide bonds. The quantitative estimate of drug-likeness (QED) is 0.315. The van der Waals surface area contributed by atoms with Gasteiger partial charge in [0.2, 0.25) is 0 Å². The molecule has 30 heavy (non-hydrogen) atoms. The topological polar surface area (TPSA) is 75.2 Å². The van der Waals surface area contributed by atoms with E-state index in [0.717, 1.165) is 11.1 Å². The zero-order chi connectivity index (χ0) is 21.2. The SMILES string of the molecule is CN=C(NCc1ccc(NC(=O)OC)cc1)N(C)Cc1ccc(OC(F)F)cc1.I. The molecule has 10 heteroatoms. The van der Waals surface area contributed by atoms with Crippen LogP contribution in [0.5, 0.6) is 5.75 Å². The Bertz CT molecular complexity index is 818. The van der Waals surface area contributed by atoms with Gasteiger partial charge in [-0.1, -0.05) is 24.3 Å². The first kappa shape index (κ1) is 25.4. The summed E-state index contributed by atoms with van der Waals surface area (Å²) >= 11 is 0. The van der Waals surface area contributed by atoms with E-state index in [1.54, 1.807) is 31.3 Å². The lowest BCUT2D eigenvalue weighted by molar-refractivity contribution is -0.0498. The van der Waals surface area contributed by atoms with Gasteiger partial charge in [0.15, 0.2) is 5.96 Å². The first-order chi connectivity index (χ1) is 13.9. The highest BCUT2D eigenvalue weighted by Gasteiger charge is 2.08. The van der Waals surface area contributed by atoms with Crippen LogP contribution in [0.4, 0.5) is 19.3 Å². The first-order valence-electron chi connectivity index (χ1n) is 8.80. The van der Waals surface area contributed by atoms with Gasteiger partial charge in [0.25, 0.3) is 0 Å². The smallest absolute Gasteiger partial charge is 0.411 e. The van der Waals surface area contributed by atoms with Gasteiger partial charge in [0, 0.05) is 32.9 Å². The van der Waals surface area contributed by atoms with Crippen LogP contribution in [0.3, 0.4) is 0 Å². The van der Waals surface area contributed by atoms with Crippen LogP contribution in [0, 0.1) is 0 Å². The number of amides is 1. The number of hydrogen-bond acceptors (Lipinski definition) is 4. The fourth-order valence-corrected chi connectivity index (χ4v) is 2.57. The standard InChI is InChI=1S/C20H24F2N4O3.HI/c1-23-19(24-12-14-4-8-16(9-5-14)25-20(27)28-3)26(2)13-15-6-10-17(11-7-15)29-18(21)22;/h4-11,18H,12-13H2,1-3H3,(H,23,24)(H,25,27);1H. The number of nitrogens with one attached hydrogen (secondary N) is 2. The molecule has 164 valence electrons. The molecule has 0 spiro atoms. The summed E-state index contributed by atoms with van der Waals surface area (Å²) in [5.74, 6) is 0.800. The van der Waals surface area contributed by atoms with Crippen molar-refractivity contribution in [3.63, 3.8) is 0 Å². The Balaban J connectivity index is 0.00000450. The summed E-state index contributed by atoms with van der Waals surface area (Å²) in [5, 5.41) is 5.85. The minimum absolute atomic E-state index is 0. The van der Waals surface area contributed by atoms with Gasteiger partial charge in [-0.3, -0.25) is 10.3 Å². The monoisotopic (exact) mass is 534 g/mol. The molecule has 0 aliphatic heterocycles. The number of anilines is 1. The van der Waals surface area contributed by atoms with Crippen molar-refractivity contribution in [2.24, 2.45) is 4.99 Å². The number of guanidine groups is 1. The van der Waals surface area contributed by atoms with Crippen molar-refractivity contribution < 1.29 is 23.0 Å². The highest BCUT2D eigenvalue weighted by Crippen LogP contribution is 2.16. The van der Waals surface area contributed by atoms with Crippen LogP contribution < -0.4 is 15.4 Å². The number of methoxy groups -OCH3 is 1. The van der Waals surface area contributed by atoms with Crippen LogP contribution in [-0.2, 0) is 17.8 Å². The van der Waals surface area contributed by atoms with E-state index in [9.17, 15) is 13.6 Å². The average molecular weight is 534 g/mol. The van der Waals surface area contributed by atoms with Crippen LogP contribution >= 0.6 is 24.0 Å². The first-order valence-corrected chi connectivity index (χ1v) is 8.80. The van der Waals surface area contributed by atoms with Crippen molar-refractivity contribution >= 4 is 41.7 Å². The van der Waals surface area contributed by atoms with Crippen molar-refractivity contribution in [1.82, 2.24) is 10.2 Å². The minimum atomic E-state index is -2.84. The van der Waals surface area contributed by atoms with Gasteiger partial charge in [-0.2, -0.15) is 8.78 Å². The molecule has 0 heterocycles. The third-order valence-corrected chi connectivity index (χ3v) is 3.98. The third kappa shape index (κ3) is 8.39. The number of halogens is 3. The number of nitrogens with zero attached hydrogens (tertiary/aromatic N) is 2. The molecule has 0 saturated heterocycles. The molecule has 2 aromatic carbocycles. The second kappa shape index (κ2) is 12.8. The second-order valence-electron chi connectivity index (χ2n) is 6.09. The Labute approximate surface area is 191 Å². The number of carbonyl (C=O) groups excluding carboxylic acids is 1. The van der Waals surface area contributed by atoms with E-state index < -0.39 is 12.7 Å². The van der Waals surface area contributed by atoms with Crippen LogP contribution in [0.15, 0.2) is 53.5 Å². The normalized spacial score (nSPS) is 10.8. The summed E-state index contributed by atoms with van der Waals surface area (Å²) in [6.07, 6.45) is -0.522. The van der Waals surface area contributed by atoms with E-state index in [1.165, 1.54) is 19.2 Å². The Morgan fingerprint density at radius 2 is 1.70 bits per heavy atom. The average Bonchev–Trinajstić information content (AvgIpc) is 2.70. The van der Waals surface area contributed by atoms with E-state index in [0.29, 0.717) is 24.7 Å². The molecule has 0 unspecified atom stereocenters. The lowest BCUT2D eigenvalue weighted by atomic mass is 10.2. The maximum absolute atomic E-state index is 12.2. The van der Waals surface area contributed by atoms with E-state index in [4.69, 9.17) is 0 Å². The van der Waals surface area contributed by atoms with Gasteiger partial charge in [-0.25, -0.2) is 4.79 Å². The molecule has 2 aromatic rings. The fourth-order valence-electron chi connectivity index (χ4n) is 2.57. The zero-order valence-corrected chi connectivity index (χ0v) is 19.2. The number of hydrogen-bond donors (Lipinski definition) is 2. The molecule has 0 radical (unpaired) electrons. The van der Waals surface area contributed by atoms with Crippen LogP contribution in [0.1, 0.15) is 11.1 Å². The summed E-state index contributed by atoms with van der Waals surface area (Å²) in [6.45, 7) is -1.76. The predicted octanol–water partition coefficient (Wildman–Crippen LogP) is 4.29. The van der Waals surface area contributed by atoms with Gasteiger partial charge in [-0.15, -0.1) is 24.0 Å². The molecular formula is C20H25F2IN4O3. The second-order valence-corrected chi connectivity index (χ2v) is 6.09. The van der Waals surface area contributed by atoms with Crippen molar-refractivity contribution in [2.45, 2.75) is 19.7 Å². The molecule has 0 aliphatic carbocycles. The van der Waals surface area contributed by atoms with Gasteiger partial charge in [0.05, 0.1) is 7.11 Å². The summed E-state index contributed by atoms with van der Waals surface area (Å²) in [4.78, 5) is 17.4. The molecule has 0 aliphatic rings. The predicted molar refractivity (Wildman–Crippen MR) is 123 cm³/mol. The molecule has 2 N–H and O–H groups in total. The maximum atomic E-state index is 12.2. The lowest BCUT2D eigenvalue weighted by Crippen LogP contribution is -2.38. The number of benzene rings is 2. The number of rotatable bonds is 7. The number of alkyl halides is 2. The van der Waals surface area contributed by atoms with Crippen LogP contribution in [-0.4, -0.2) is 44.8 Å². The Morgan fingerprint density at radius 3 is 2.23 bits per heavy atom. The number of aliphatic imine (C=N–C) groups is 1. The Kier molecular flexibility index (Phi) is 10.9. The van der Waals surface area contributed by atoms with E-state index >= 15 is 0 Å². The van der Waals surface area contributed by atoms with Crippen molar-refractivity contribution in [1.29, 1.82) is 0 Å². The molecule has 2 rings (SSSR count). The minimum Gasteiger partial charge on any atom is -0.453 e. The Morgan fingerprint density at radius 1 is 1.10 bits per heavy atom. The maximum Gasteiger partial charge on any atom is 0.411 e. The number of carbonyl (C=O) groups is 1. The van der Waals surface area contributed by atoms with E-state index in [1.807, 2.05) is 24.1 Å². The summed E-state index contributed by atoms with van der Waals surface area (Å²) in [7, 11) is 4.87. The molecular weight excluding hydrogens is 509 g/mol. The largest absolute Gasteiger partial charge is 0.453 e. The highest BCUT2D eigenvalue weighted by atomic mass is 127. The molecule has 0 bridgehead atoms. The van der Waals surface area contributed by atoms with Gasteiger partial charge in [-0.05, 0) is 35.4 Å². The van der Waals surface area contributed by atoms with Gasteiger partial charge >= 0.3 is 12.7 Å². The van der Waals surface area contributed by atoms with Crippen LogP contribution in [0.25, 0.3) is 0 Å². The molecule has 7 nitrogen and oxygen atoms in total. The molecule has 0 saturated carbocycles. The number of ether oxygens (including phenoxy) is 2. The van der Waals surface area contributed by atoms with E-state index in [2.05, 4.69) is 25.1 Å². The zero-order valence-electron chi connectivity index (χ0n) is 16.9. The van der Waals surface area contributed by atoms with Gasteiger partial charge in [0.1, 0.15) is 5.75 Å². The summed E-state index contributed by atoms with van der Waals surface area (Å²) < 4.78 is 33.4. The molecule has 0 atom stereocenters. The summed E-state index contributed by atoms with van der Waals surface area (Å²) in [6, 6.07) is 13.8. The lowest BCUT2D eigenvalue weighted by Gasteiger charge is -2.22. The highest BCUT2D eigenvalue weighted by molar-refractivity contribution is 14.0.